The lowest BCUT2D eigenvalue weighted by Gasteiger charge is -2.17. The van der Waals surface area contributed by atoms with Crippen molar-refractivity contribution in [3.63, 3.8) is 0 Å². The summed E-state index contributed by atoms with van der Waals surface area (Å²) in [6.07, 6.45) is 6.36. The molecular weight excluding hydrogens is 320 g/mol. The molecule has 1 aliphatic heterocycles. The number of nitrogens with zero attached hydrogens (tertiary/aromatic N) is 3. The van der Waals surface area contributed by atoms with E-state index < -0.39 is 10.8 Å². The van der Waals surface area contributed by atoms with Crippen LogP contribution in [0.1, 0.15) is 6.42 Å². The molecule has 1 N–H and O–H groups in total. The fraction of sp³-hybridized carbons (Fsp3) is 0.222. The van der Waals surface area contributed by atoms with Gasteiger partial charge in [-0.15, -0.1) is 0 Å². The number of nitrogens with one attached hydrogen (secondary N) is 1. The summed E-state index contributed by atoms with van der Waals surface area (Å²) < 4.78 is 13.7. The lowest BCUT2D eigenvalue weighted by molar-refractivity contribution is 0.569. The Morgan fingerprint density at radius 3 is 2.54 bits per heavy atom. The maximum Gasteiger partial charge on any atom is 0.132 e. The van der Waals surface area contributed by atoms with Crippen molar-refractivity contribution >= 4 is 16.6 Å². The molecule has 6 heteroatoms. The molecular formula is C18H18N4OS. The van der Waals surface area contributed by atoms with Crippen LogP contribution in [0, 0.1) is 0 Å². The van der Waals surface area contributed by atoms with Gasteiger partial charge in [0.15, 0.2) is 0 Å². The Morgan fingerprint density at radius 1 is 1.08 bits per heavy atom. The molecule has 1 unspecified atom stereocenters. The summed E-state index contributed by atoms with van der Waals surface area (Å²) in [4.78, 5) is 4.94. The highest BCUT2D eigenvalue weighted by molar-refractivity contribution is 7.84. The zero-order valence-electron chi connectivity index (χ0n) is 13.4. The van der Waals surface area contributed by atoms with Crippen molar-refractivity contribution in [1.82, 2.24) is 14.8 Å². The molecule has 0 radical (unpaired) electrons. The van der Waals surface area contributed by atoms with Crippen LogP contribution in [0.2, 0.25) is 0 Å². The molecule has 5 nitrogen and oxygen atoms in total. The molecule has 1 aromatic carbocycles. The predicted octanol–water partition coefficient (Wildman–Crippen LogP) is 3.17. The minimum Gasteiger partial charge on any atom is -0.370 e. The number of pyridine rings is 1. The van der Waals surface area contributed by atoms with Gasteiger partial charge in [0.1, 0.15) is 11.5 Å². The highest BCUT2D eigenvalue weighted by atomic mass is 32.2. The third kappa shape index (κ3) is 2.63. The van der Waals surface area contributed by atoms with Gasteiger partial charge in [0.2, 0.25) is 0 Å². The second-order valence-corrected chi connectivity index (χ2v) is 7.17. The van der Waals surface area contributed by atoms with E-state index in [1.165, 1.54) is 0 Å². The Balaban J connectivity index is 1.88. The summed E-state index contributed by atoms with van der Waals surface area (Å²) >= 11 is 0. The first-order valence-corrected chi connectivity index (χ1v) is 9.49. The maximum atomic E-state index is 11.6. The summed E-state index contributed by atoms with van der Waals surface area (Å²) in [5, 5.41) is 8.31. The van der Waals surface area contributed by atoms with Gasteiger partial charge in [-0.05, 0) is 36.2 Å². The number of hydrogen-bond donors (Lipinski definition) is 1. The number of anilines is 1. The van der Waals surface area contributed by atoms with E-state index in [0.29, 0.717) is 0 Å². The van der Waals surface area contributed by atoms with Crippen LogP contribution in [0.25, 0.3) is 22.4 Å². The van der Waals surface area contributed by atoms with Crippen molar-refractivity contribution in [3.05, 3.63) is 48.8 Å². The normalized spacial score (nSPS) is 14.7. The Labute approximate surface area is 143 Å². The third-order valence-corrected chi connectivity index (χ3v) is 5.16. The van der Waals surface area contributed by atoms with Crippen LogP contribution in [-0.2, 0) is 17.3 Å². The van der Waals surface area contributed by atoms with E-state index in [9.17, 15) is 4.21 Å². The van der Waals surface area contributed by atoms with E-state index in [4.69, 9.17) is 5.10 Å². The number of aromatic nitrogens is 3. The molecule has 0 spiro atoms. The zero-order chi connectivity index (χ0) is 16.5. The van der Waals surface area contributed by atoms with Gasteiger partial charge < -0.3 is 5.32 Å². The van der Waals surface area contributed by atoms with E-state index in [1.54, 1.807) is 18.6 Å². The summed E-state index contributed by atoms with van der Waals surface area (Å²) in [5.74, 6) is 1.06. The van der Waals surface area contributed by atoms with Crippen LogP contribution in [0.15, 0.2) is 53.7 Å². The molecule has 4 rings (SSSR count). The van der Waals surface area contributed by atoms with Crippen LogP contribution < -0.4 is 5.32 Å². The molecule has 2 aromatic heterocycles. The van der Waals surface area contributed by atoms with E-state index in [-0.39, 0.29) is 0 Å². The number of benzene rings is 1. The quantitative estimate of drug-likeness (QED) is 0.797. The average Bonchev–Trinajstić information content (AvgIpc) is 3.02. The highest BCUT2D eigenvalue weighted by Gasteiger charge is 2.22. The number of fused-ring (bicyclic) bond motifs is 1. The van der Waals surface area contributed by atoms with Gasteiger partial charge >= 0.3 is 0 Å². The largest absolute Gasteiger partial charge is 0.370 e. The lowest BCUT2D eigenvalue weighted by atomic mass is 10.0. The number of hydrogen-bond acceptors (Lipinski definition) is 4. The van der Waals surface area contributed by atoms with Crippen molar-refractivity contribution in [2.45, 2.75) is 17.9 Å². The summed E-state index contributed by atoms with van der Waals surface area (Å²) in [6.45, 7) is 1.87. The first-order chi connectivity index (χ1) is 11.7. The molecule has 24 heavy (non-hydrogen) atoms. The molecule has 0 amide bonds. The first kappa shape index (κ1) is 15.1. The molecule has 0 aliphatic carbocycles. The van der Waals surface area contributed by atoms with Crippen molar-refractivity contribution < 1.29 is 4.21 Å². The molecule has 3 heterocycles. The molecule has 122 valence electrons. The maximum absolute atomic E-state index is 11.6. The van der Waals surface area contributed by atoms with Crippen LogP contribution >= 0.6 is 0 Å². The van der Waals surface area contributed by atoms with E-state index in [0.717, 1.165) is 52.6 Å². The van der Waals surface area contributed by atoms with Gasteiger partial charge in [0.25, 0.3) is 0 Å². The summed E-state index contributed by atoms with van der Waals surface area (Å²) in [7, 11) is -0.974. The lowest BCUT2D eigenvalue weighted by Crippen LogP contribution is -2.17. The highest BCUT2D eigenvalue weighted by Crippen LogP contribution is 2.38. The van der Waals surface area contributed by atoms with Gasteiger partial charge in [0.05, 0.1) is 5.56 Å². The second-order valence-electron chi connectivity index (χ2n) is 5.79. The predicted molar refractivity (Wildman–Crippen MR) is 96.3 cm³/mol. The fourth-order valence-corrected chi connectivity index (χ4v) is 3.56. The Hall–Kier alpha value is -2.47. The third-order valence-electron chi connectivity index (χ3n) is 4.22. The number of aryl methyl sites for hydroxylation is 1. The Morgan fingerprint density at radius 2 is 1.83 bits per heavy atom. The molecule has 1 atom stereocenters. The average molecular weight is 338 g/mol. The minimum atomic E-state index is -0.974. The van der Waals surface area contributed by atoms with Crippen LogP contribution in [-0.4, -0.2) is 31.8 Å². The smallest absolute Gasteiger partial charge is 0.132 e. The molecule has 1 aliphatic rings. The van der Waals surface area contributed by atoms with Gasteiger partial charge in [-0.25, -0.2) is 4.68 Å². The van der Waals surface area contributed by atoms with Crippen molar-refractivity contribution in [3.8, 4) is 22.4 Å². The van der Waals surface area contributed by atoms with Gasteiger partial charge in [-0.2, -0.15) is 5.10 Å². The topological polar surface area (TPSA) is 59.8 Å². The van der Waals surface area contributed by atoms with Crippen LogP contribution in [0.4, 0.5) is 5.82 Å². The SMILES string of the molecule is CS(=O)c1ccc(-c2nn3c(c2-c2ccncc2)NCCC3)cc1. The molecule has 0 saturated heterocycles. The Kier molecular flexibility index (Phi) is 3.90. The standard InChI is InChI=1S/C18H18N4OS/c1-24(23)15-5-3-14(4-6-15)17-16(13-7-10-19-11-8-13)18-20-9-2-12-22(18)21-17/h3-8,10-11,20H,2,9,12H2,1H3. The number of rotatable bonds is 3. The zero-order valence-corrected chi connectivity index (χ0v) is 14.2. The van der Waals surface area contributed by atoms with Crippen molar-refractivity contribution in [2.75, 3.05) is 18.1 Å². The molecule has 0 fully saturated rings. The summed E-state index contributed by atoms with van der Waals surface area (Å²) in [6, 6.07) is 11.8. The van der Waals surface area contributed by atoms with Crippen LogP contribution in [0.5, 0.6) is 0 Å². The molecule has 0 saturated carbocycles. The van der Waals surface area contributed by atoms with E-state index in [2.05, 4.69) is 10.3 Å². The van der Waals surface area contributed by atoms with E-state index >= 15 is 0 Å². The first-order valence-electron chi connectivity index (χ1n) is 7.93. The van der Waals surface area contributed by atoms with Crippen molar-refractivity contribution in [1.29, 1.82) is 0 Å². The van der Waals surface area contributed by atoms with Crippen LogP contribution in [0.3, 0.4) is 0 Å². The van der Waals surface area contributed by atoms with Gasteiger partial charge in [-0.3, -0.25) is 9.19 Å². The minimum absolute atomic E-state index is 0.825. The summed E-state index contributed by atoms with van der Waals surface area (Å²) in [5.41, 5.74) is 4.17. The van der Waals surface area contributed by atoms with Gasteiger partial charge in [0, 0.05) is 53.0 Å². The second kappa shape index (κ2) is 6.20. The molecule has 0 bridgehead atoms. The fourth-order valence-electron chi connectivity index (χ4n) is 3.04. The van der Waals surface area contributed by atoms with Gasteiger partial charge in [-0.1, -0.05) is 12.1 Å². The van der Waals surface area contributed by atoms with Crippen molar-refractivity contribution in [2.24, 2.45) is 0 Å². The Bertz CT molecular complexity index is 887. The molecule has 3 aromatic rings. The monoisotopic (exact) mass is 338 g/mol. The van der Waals surface area contributed by atoms with E-state index in [1.807, 2.05) is 41.1 Å².